The maximum atomic E-state index is 5.37. The summed E-state index contributed by atoms with van der Waals surface area (Å²) in [5.74, 6) is 0. The molecule has 0 aliphatic heterocycles. The molecule has 0 bridgehead atoms. The summed E-state index contributed by atoms with van der Waals surface area (Å²) in [7, 11) is 0. The SMILES string of the molecule is CCc1ccccc1NC(=S)Nc1nc2ccccc2s1. The minimum absolute atomic E-state index is 0.565. The molecule has 0 unspecified atom stereocenters. The molecule has 106 valence electrons. The number of aryl methyl sites for hydroxylation is 1. The first-order valence-corrected chi connectivity index (χ1v) is 8.00. The summed E-state index contributed by atoms with van der Waals surface area (Å²) in [6.45, 7) is 2.13. The Hall–Kier alpha value is -1.98. The zero-order chi connectivity index (χ0) is 14.7. The quantitative estimate of drug-likeness (QED) is 0.689. The van der Waals surface area contributed by atoms with Gasteiger partial charge in [-0.1, -0.05) is 48.6 Å². The number of rotatable bonds is 3. The van der Waals surface area contributed by atoms with Gasteiger partial charge in [0.2, 0.25) is 0 Å². The number of nitrogens with one attached hydrogen (secondary N) is 2. The summed E-state index contributed by atoms with van der Waals surface area (Å²) in [5, 5.41) is 7.77. The zero-order valence-corrected chi connectivity index (χ0v) is 13.2. The molecule has 0 amide bonds. The lowest BCUT2D eigenvalue weighted by Crippen LogP contribution is -2.19. The number of aromatic nitrogens is 1. The lowest BCUT2D eigenvalue weighted by atomic mass is 10.1. The fourth-order valence-corrected chi connectivity index (χ4v) is 3.27. The standard InChI is InChI=1S/C16H15N3S2/c1-2-11-7-3-4-8-12(11)17-15(20)19-16-18-13-9-5-6-10-14(13)21-16/h3-10H,2H2,1H3,(H2,17,18,19,20). The number of anilines is 2. The van der Waals surface area contributed by atoms with E-state index >= 15 is 0 Å². The summed E-state index contributed by atoms with van der Waals surface area (Å²) in [5.41, 5.74) is 3.27. The van der Waals surface area contributed by atoms with Crippen LogP contribution < -0.4 is 10.6 Å². The van der Waals surface area contributed by atoms with E-state index < -0.39 is 0 Å². The van der Waals surface area contributed by atoms with Crippen molar-refractivity contribution in [3.05, 3.63) is 54.1 Å². The zero-order valence-electron chi connectivity index (χ0n) is 11.6. The number of nitrogens with zero attached hydrogens (tertiary/aromatic N) is 1. The molecular weight excluding hydrogens is 298 g/mol. The van der Waals surface area contributed by atoms with Crippen LogP contribution in [0.2, 0.25) is 0 Å². The summed E-state index contributed by atoms with van der Waals surface area (Å²) in [6, 6.07) is 16.2. The van der Waals surface area contributed by atoms with Crippen molar-refractivity contribution >= 4 is 49.7 Å². The molecule has 2 aromatic carbocycles. The molecule has 3 rings (SSSR count). The van der Waals surface area contributed by atoms with Gasteiger partial charge < -0.3 is 10.6 Å². The Balaban J connectivity index is 1.74. The third-order valence-corrected chi connectivity index (χ3v) is 4.32. The predicted molar refractivity (Wildman–Crippen MR) is 95.3 cm³/mol. The number of hydrogen-bond acceptors (Lipinski definition) is 3. The number of benzene rings is 2. The molecule has 0 saturated carbocycles. The molecule has 21 heavy (non-hydrogen) atoms. The van der Waals surface area contributed by atoms with Crippen LogP contribution in [0, 0.1) is 0 Å². The molecule has 0 spiro atoms. The average Bonchev–Trinajstić information content (AvgIpc) is 2.89. The highest BCUT2D eigenvalue weighted by atomic mass is 32.1. The molecule has 2 N–H and O–H groups in total. The maximum Gasteiger partial charge on any atom is 0.190 e. The number of para-hydroxylation sites is 2. The van der Waals surface area contributed by atoms with Gasteiger partial charge in [0, 0.05) is 5.69 Å². The van der Waals surface area contributed by atoms with E-state index in [-0.39, 0.29) is 0 Å². The van der Waals surface area contributed by atoms with Crippen LogP contribution in [0.4, 0.5) is 10.8 Å². The van der Waals surface area contributed by atoms with Gasteiger partial charge in [0.05, 0.1) is 10.2 Å². The molecule has 0 atom stereocenters. The van der Waals surface area contributed by atoms with Crippen LogP contribution in [0.25, 0.3) is 10.2 Å². The van der Waals surface area contributed by atoms with Crippen LogP contribution in [-0.4, -0.2) is 10.1 Å². The van der Waals surface area contributed by atoms with E-state index in [1.807, 2.05) is 36.4 Å². The normalized spacial score (nSPS) is 10.5. The van der Waals surface area contributed by atoms with Crippen molar-refractivity contribution in [3.8, 4) is 0 Å². The van der Waals surface area contributed by atoms with Gasteiger partial charge in [-0.15, -0.1) is 0 Å². The van der Waals surface area contributed by atoms with Gasteiger partial charge in [-0.3, -0.25) is 0 Å². The maximum absolute atomic E-state index is 5.37. The Labute approximate surface area is 133 Å². The van der Waals surface area contributed by atoms with Gasteiger partial charge in [-0.2, -0.15) is 0 Å². The van der Waals surface area contributed by atoms with Gasteiger partial charge in [0.1, 0.15) is 0 Å². The number of hydrogen-bond donors (Lipinski definition) is 2. The topological polar surface area (TPSA) is 37.0 Å². The highest BCUT2D eigenvalue weighted by molar-refractivity contribution is 7.80. The van der Waals surface area contributed by atoms with E-state index in [1.54, 1.807) is 11.3 Å². The fraction of sp³-hybridized carbons (Fsp3) is 0.125. The Morgan fingerprint density at radius 2 is 1.86 bits per heavy atom. The van der Waals surface area contributed by atoms with Crippen molar-refractivity contribution in [1.29, 1.82) is 0 Å². The summed E-state index contributed by atoms with van der Waals surface area (Å²) < 4.78 is 1.15. The van der Waals surface area contributed by atoms with Crippen LogP contribution in [0.15, 0.2) is 48.5 Å². The van der Waals surface area contributed by atoms with Gasteiger partial charge in [0.25, 0.3) is 0 Å². The predicted octanol–water partition coefficient (Wildman–Crippen LogP) is 4.67. The van der Waals surface area contributed by atoms with E-state index in [2.05, 4.69) is 34.7 Å². The molecule has 3 nitrogen and oxygen atoms in total. The highest BCUT2D eigenvalue weighted by Gasteiger charge is 2.06. The number of thiocarbonyl (C=S) groups is 1. The number of fused-ring (bicyclic) bond motifs is 1. The van der Waals surface area contributed by atoms with Gasteiger partial charge >= 0.3 is 0 Å². The highest BCUT2D eigenvalue weighted by Crippen LogP contribution is 2.25. The molecule has 0 radical (unpaired) electrons. The summed E-state index contributed by atoms with van der Waals surface area (Å²) in [4.78, 5) is 4.52. The summed E-state index contributed by atoms with van der Waals surface area (Å²) >= 11 is 6.97. The molecule has 1 heterocycles. The summed E-state index contributed by atoms with van der Waals surface area (Å²) in [6.07, 6.45) is 0.965. The molecular formula is C16H15N3S2. The van der Waals surface area contributed by atoms with Crippen LogP contribution in [0.1, 0.15) is 12.5 Å². The lowest BCUT2D eigenvalue weighted by molar-refractivity contribution is 1.14. The molecule has 3 aromatic rings. The first-order chi connectivity index (χ1) is 10.3. The smallest absolute Gasteiger partial charge is 0.190 e. The lowest BCUT2D eigenvalue weighted by Gasteiger charge is -2.11. The fourth-order valence-electron chi connectivity index (χ4n) is 2.13. The largest absolute Gasteiger partial charge is 0.332 e. The van der Waals surface area contributed by atoms with E-state index in [4.69, 9.17) is 12.2 Å². The second kappa shape index (κ2) is 6.20. The average molecular weight is 313 g/mol. The first kappa shape index (κ1) is 14.0. The van der Waals surface area contributed by atoms with Crippen LogP contribution in [0.3, 0.4) is 0 Å². The first-order valence-electron chi connectivity index (χ1n) is 6.77. The van der Waals surface area contributed by atoms with E-state index in [1.165, 1.54) is 5.56 Å². The minimum atomic E-state index is 0.565. The Morgan fingerprint density at radius 1 is 1.10 bits per heavy atom. The van der Waals surface area contributed by atoms with Gasteiger partial charge in [-0.05, 0) is 42.4 Å². The third kappa shape index (κ3) is 3.20. The van der Waals surface area contributed by atoms with E-state index in [0.29, 0.717) is 5.11 Å². The van der Waals surface area contributed by atoms with Crippen molar-refractivity contribution in [2.75, 3.05) is 10.6 Å². The second-order valence-corrected chi connectivity index (χ2v) is 6.02. The van der Waals surface area contributed by atoms with E-state index in [9.17, 15) is 0 Å². The third-order valence-electron chi connectivity index (χ3n) is 3.16. The van der Waals surface area contributed by atoms with Crippen LogP contribution in [-0.2, 0) is 6.42 Å². The van der Waals surface area contributed by atoms with Gasteiger partial charge in [0.15, 0.2) is 10.2 Å². The minimum Gasteiger partial charge on any atom is -0.332 e. The Kier molecular flexibility index (Phi) is 4.13. The van der Waals surface area contributed by atoms with Crippen LogP contribution in [0.5, 0.6) is 0 Å². The van der Waals surface area contributed by atoms with E-state index in [0.717, 1.165) is 27.5 Å². The van der Waals surface area contributed by atoms with Crippen molar-refractivity contribution in [1.82, 2.24) is 4.98 Å². The molecule has 0 fully saturated rings. The van der Waals surface area contributed by atoms with Crippen molar-refractivity contribution in [2.24, 2.45) is 0 Å². The van der Waals surface area contributed by atoms with Crippen molar-refractivity contribution in [2.45, 2.75) is 13.3 Å². The van der Waals surface area contributed by atoms with Gasteiger partial charge in [-0.25, -0.2) is 4.98 Å². The Bertz CT molecular complexity index is 747. The molecule has 5 heteroatoms. The number of thiazole rings is 1. The molecule has 0 saturated heterocycles. The Morgan fingerprint density at radius 3 is 2.67 bits per heavy atom. The monoisotopic (exact) mass is 313 g/mol. The van der Waals surface area contributed by atoms with Crippen molar-refractivity contribution in [3.63, 3.8) is 0 Å². The van der Waals surface area contributed by atoms with Crippen LogP contribution >= 0.6 is 23.6 Å². The molecule has 0 aliphatic rings. The molecule has 1 aromatic heterocycles. The van der Waals surface area contributed by atoms with Crippen molar-refractivity contribution < 1.29 is 0 Å². The second-order valence-electron chi connectivity index (χ2n) is 4.58. The molecule has 0 aliphatic carbocycles.